The Morgan fingerprint density at radius 1 is 0.906 bits per heavy atom. The molecular formula is C24H18N2O6. The molecule has 0 aliphatic carbocycles. The van der Waals surface area contributed by atoms with Crippen molar-refractivity contribution in [3.8, 4) is 11.5 Å². The van der Waals surface area contributed by atoms with E-state index in [-0.39, 0.29) is 30.5 Å². The number of nitro groups is 1. The minimum atomic E-state index is -0.528. The van der Waals surface area contributed by atoms with Crippen molar-refractivity contribution < 1.29 is 23.9 Å². The van der Waals surface area contributed by atoms with Crippen molar-refractivity contribution >= 4 is 23.6 Å². The number of para-hydroxylation sites is 1. The van der Waals surface area contributed by atoms with E-state index in [2.05, 4.69) is 4.99 Å². The second-order valence-electron chi connectivity index (χ2n) is 6.69. The molecule has 0 unspecified atom stereocenters. The summed E-state index contributed by atoms with van der Waals surface area (Å²) in [5, 5.41) is 10.7. The molecule has 1 aliphatic heterocycles. The summed E-state index contributed by atoms with van der Waals surface area (Å²) in [7, 11) is 0. The third-order valence-corrected chi connectivity index (χ3v) is 4.51. The molecule has 0 aromatic heterocycles. The molecule has 4 rings (SSSR count). The molecule has 8 heteroatoms. The van der Waals surface area contributed by atoms with E-state index < -0.39 is 10.9 Å². The van der Waals surface area contributed by atoms with E-state index >= 15 is 0 Å². The van der Waals surface area contributed by atoms with Gasteiger partial charge in [0.25, 0.3) is 5.69 Å². The quantitative estimate of drug-likeness (QED) is 0.173. The van der Waals surface area contributed by atoms with Crippen LogP contribution in [0.15, 0.2) is 89.6 Å². The molecule has 0 atom stereocenters. The number of hydrogen-bond donors (Lipinski definition) is 0. The summed E-state index contributed by atoms with van der Waals surface area (Å²) in [6.45, 7) is 0.473. The van der Waals surface area contributed by atoms with Gasteiger partial charge in [-0.1, -0.05) is 36.4 Å². The van der Waals surface area contributed by atoms with Crippen LogP contribution in [0.2, 0.25) is 0 Å². The Morgan fingerprint density at radius 3 is 2.34 bits per heavy atom. The average Bonchev–Trinajstić information content (AvgIpc) is 3.19. The summed E-state index contributed by atoms with van der Waals surface area (Å²) in [5.41, 5.74) is 1.58. The van der Waals surface area contributed by atoms with E-state index in [9.17, 15) is 14.9 Å². The molecule has 0 spiro atoms. The molecule has 3 aromatic carbocycles. The minimum Gasteiger partial charge on any atom is -0.490 e. The fourth-order valence-electron chi connectivity index (χ4n) is 2.97. The lowest BCUT2D eigenvalue weighted by atomic mass is 10.1. The van der Waals surface area contributed by atoms with Gasteiger partial charge < -0.3 is 14.2 Å². The fourth-order valence-corrected chi connectivity index (χ4v) is 2.97. The molecule has 0 fully saturated rings. The van der Waals surface area contributed by atoms with Crippen LogP contribution >= 0.6 is 0 Å². The molecule has 1 aliphatic rings. The van der Waals surface area contributed by atoms with Gasteiger partial charge in [-0.05, 0) is 36.4 Å². The van der Waals surface area contributed by atoms with Crippen molar-refractivity contribution in [3.63, 3.8) is 0 Å². The summed E-state index contributed by atoms with van der Waals surface area (Å²) in [6, 6.07) is 22.2. The van der Waals surface area contributed by atoms with Crippen LogP contribution in [0.5, 0.6) is 11.5 Å². The summed E-state index contributed by atoms with van der Waals surface area (Å²) in [4.78, 5) is 26.8. The minimum absolute atomic E-state index is 0.000847. The number of esters is 1. The maximum Gasteiger partial charge on any atom is 0.363 e. The van der Waals surface area contributed by atoms with Gasteiger partial charge in [0.1, 0.15) is 24.7 Å². The smallest absolute Gasteiger partial charge is 0.363 e. The third-order valence-electron chi connectivity index (χ3n) is 4.51. The SMILES string of the molecule is O=C1OC(c2ccccc2)=N/C1=C/c1ccccc1OCCOc1ccc([N+](=O)[O-])cc1. The van der Waals surface area contributed by atoms with Gasteiger partial charge in [-0.15, -0.1) is 0 Å². The van der Waals surface area contributed by atoms with Crippen molar-refractivity contribution in [2.45, 2.75) is 0 Å². The number of carbonyl (C=O) groups excluding carboxylic acids is 1. The number of benzene rings is 3. The van der Waals surface area contributed by atoms with Crippen molar-refractivity contribution in [3.05, 3.63) is 106 Å². The number of nitro benzene ring substituents is 1. The Bertz CT molecular complexity index is 1190. The van der Waals surface area contributed by atoms with E-state index in [1.165, 1.54) is 24.3 Å². The number of aliphatic imine (C=N–C) groups is 1. The fraction of sp³-hybridized carbons (Fsp3) is 0.0833. The van der Waals surface area contributed by atoms with Gasteiger partial charge in [0, 0.05) is 23.3 Å². The highest BCUT2D eigenvalue weighted by Gasteiger charge is 2.24. The van der Waals surface area contributed by atoms with Gasteiger partial charge in [0.15, 0.2) is 5.70 Å². The van der Waals surface area contributed by atoms with Crippen molar-refractivity contribution in [1.29, 1.82) is 0 Å². The molecule has 32 heavy (non-hydrogen) atoms. The Morgan fingerprint density at radius 2 is 1.59 bits per heavy atom. The van der Waals surface area contributed by atoms with Gasteiger partial charge in [0.05, 0.1) is 4.92 Å². The van der Waals surface area contributed by atoms with Crippen LogP contribution in [-0.4, -0.2) is 30.0 Å². The van der Waals surface area contributed by atoms with Crippen LogP contribution in [0, 0.1) is 10.1 Å². The normalized spacial score (nSPS) is 14.1. The van der Waals surface area contributed by atoms with Crippen molar-refractivity contribution in [2.24, 2.45) is 4.99 Å². The van der Waals surface area contributed by atoms with Gasteiger partial charge in [-0.2, -0.15) is 0 Å². The molecule has 8 nitrogen and oxygen atoms in total. The number of nitrogens with zero attached hydrogens (tertiary/aromatic N) is 2. The molecule has 0 saturated heterocycles. The Balaban J connectivity index is 1.40. The van der Waals surface area contributed by atoms with Crippen LogP contribution < -0.4 is 9.47 Å². The topological polar surface area (TPSA) is 100 Å². The van der Waals surface area contributed by atoms with E-state index in [0.29, 0.717) is 17.1 Å². The number of rotatable bonds is 8. The first-order valence-electron chi connectivity index (χ1n) is 9.77. The molecule has 1 heterocycles. The molecular weight excluding hydrogens is 412 g/mol. The van der Waals surface area contributed by atoms with Crippen LogP contribution in [0.1, 0.15) is 11.1 Å². The van der Waals surface area contributed by atoms with E-state index in [1.54, 1.807) is 12.1 Å². The lowest BCUT2D eigenvalue weighted by molar-refractivity contribution is -0.384. The van der Waals surface area contributed by atoms with Gasteiger partial charge in [0.2, 0.25) is 5.90 Å². The second kappa shape index (κ2) is 9.57. The van der Waals surface area contributed by atoms with E-state index in [0.717, 1.165) is 5.56 Å². The van der Waals surface area contributed by atoms with Crippen molar-refractivity contribution in [2.75, 3.05) is 13.2 Å². The molecule has 0 N–H and O–H groups in total. The van der Waals surface area contributed by atoms with Crippen molar-refractivity contribution in [1.82, 2.24) is 0 Å². The Labute approximate surface area is 183 Å². The largest absolute Gasteiger partial charge is 0.490 e. The molecule has 3 aromatic rings. The standard InChI is InChI=1S/C24H18N2O6/c27-24-21(25-23(32-24)17-6-2-1-3-7-17)16-18-8-4-5-9-22(18)31-15-14-30-20-12-10-19(11-13-20)26(28)29/h1-13,16H,14-15H2/b21-16+. The first-order valence-corrected chi connectivity index (χ1v) is 9.77. The zero-order chi connectivity index (χ0) is 22.3. The number of non-ortho nitro benzene ring substituents is 1. The van der Waals surface area contributed by atoms with Gasteiger partial charge in [-0.3, -0.25) is 10.1 Å². The molecule has 0 amide bonds. The zero-order valence-electron chi connectivity index (χ0n) is 16.8. The monoisotopic (exact) mass is 430 g/mol. The molecule has 160 valence electrons. The van der Waals surface area contributed by atoms with Crippen LogP contribution in [0.4, 0.5) is 5.69 Å². The summed E-state index contributed by atoms with van der Waals surface area (Å²) < 4.78 is 16.6. The predicted octanol–water partition coefficient (Wildman–Crippen LogP) is 4.40. The van der Waals surface area contributed by atoms with E-state index in [4.69, 9.17) is 14.2 Å². The predicted molar refractivity (Wildman–Crippen MR) is 118 cm³/mol. The first-order chi connectivity index (χ1) is 15.6. The summed E-state index contributed by atoms with van der Waals surface area (Å²) in [6.07, 6.45) is 1.62. The third kappa shape index (κ3) is 4.99. The number of carbonyl (C=O) groups is 1. The average molecular weight is 430 g/mol. The molecule has 0 radical (unpaired) electrons. The van der Waals surface area contributed by atoms with Crippen LogP contribution in [0.3, 0.4) is 0 Å². The highest BCUT2D eigenvalue weighted by molar-refractivity contribution is 6.12. The number of cyclic esters (lactones) is 1. The highest BCUT2D eigenvalue weighted by atomic mass is 16.6. The lowest BCUT2D eigenvalue weighted by Crippen LogP contribution is -2.09. The molecule has 0 bridgehead atoms. The second-order valence-corrected chi connectivity index (χ2v) is 6.69. The lowest BCUT2D eigenvalue weighted by Gasteiger charge is -2.10. The zero-order valence-corrected chi connectivity index (χ0v) is 16.8. The Hall–Kier alpha value is -4.46. The summed E-state index contributed by atoms with van der Waals surface area (Å²) in [5.74, 6) is 0.798. The number of hydrogen-bond acceptors (Lipinski definition) is 7. The van der Waals surface area contributed by atoms with E-state index in [1.807, 2.05) is 48.5 Å². The van der Waals surface area contributed by atoms with Gasteiger partial charge >= 0.3 is 5.97 Å². The molecule has 0 saturated carbocycles. The Kier molecular flexibility index (Phi) is 6.22. The number of ether oxygens (including phenoxy) is 3. The van der Waals surface area contributed by atoms with Crippen LogP contribution in [0.25, 0.3) is 6.08 Å². The van der Waals surface area contributed by atoms with Crippen LogP contribution in [-0.2, 0) is 9.53 Å². The highest BCUT2D eigenvalue weighted by Crippen LogP contribution is 2.25. The maximum absolute atomic E-state index is 12.2. The van der Waals surface area contributed by atoms with Gasteiger partial charge in [-0.25, -0.2) is 9.79 Å². The first kappa shape index (κ1) is 20.8. The maximum atomic E-state index is 12.2. The summed E-state index contributed by atoms with van der Waals surface area (Å²) >= 11 is 0.